The van der Waals surface area contributed by atoms with E-state index in [1.54, 1.807) is 12.3 Å². The highest BCUT2D eigenvalue weighted by molar-refractivity contribution is 5.26. The standard InChI is InChI=1S/C6H10N2O/c1-2-4-7-6-3-5-8-9-6/h3,5,7H,2,4H2,1H3. The van der Waals surface area contributed by atoms with Crippen molar-refractivity contribution in [2.24, 2.45) is 0 Å². The van der Waals surface area contributed by atoms with Crippen LogP contribution in [0.5, 0.6) is 0 Å². The summed E-state index contributed by atoms with van der Waals surface area (Å²) in [4.78, 5) is 0. The quantitative estimate of drug-likeness (QED) is 0.666. The topological polar surface area (TPSA) is 38.1 Å². The normalized spacial score (nSPS) is 9.44. The Bertz CT molecular complexity index is 148. The molecule has 1 aromatic heterocycles. The highest BCUT2D eigenvalue weighted by Crippen LogP contribution is 2.02. The van der Waals surface area contributed by atoms with Gasteiger partial charge in [-0.2, -0.15) is 0 Å². The first-order chi connectivity index (χ1) is 4.43. The molecule has 0 unspecified atom stereocenters. The summed E-state index contributed by atoms with van der Waals surface area (Å²) in [5.74, 6) is 0.747. The van der Waals surface area contributed by atoms with Gasteiger partial charge in [0.15, 0.2) is 0 Å². The van der Waals surface area contributed by atoms with E-state index < -0.39 is 0 Å². The highest BCUT2D eigenvalue weighted by Gasteiger charge is 1.90. The zero-order valence-corrected chi connectivity index (χ0v) is 5.42. The average molecular weight is 126 g/mol. The largest absolute Gasteiger partial charge is 0.354 e. The first kappa shape index (κ1) is 6.13. The van der Waals surface area contributed by atoms with Crippen molar-refractivity contribution in [1.82, 2.24) is 5.16 Å². The van der Waals surface area contributed by atoms with E-state index in [4.69, 9.17) is 4.52 Å². The molecule has 0 saturated carbocycles. The minimum atomic E-state index is 0.747. The average Bonchev–Trinajstić information content (AvgIpc) is 2.34. The molecule has 1 rings (SSSR count). The van der Waals surface area contributed by atoms with Gasteiger partial charge in [-0.3, -0.25) is 0 Å². The molecule has 0 amide bonds. The SMILES string of the molecule is CCCNc1ccno1. The molecule has 1 N–H and O–H groups in total. The van der Waals surface area contributed by atoms with Gasteiger partial charge < -0.3 is 9.84 Å². The van der Waals surface area contributed by atoms with Crippen LogP contribution in [-0.4, -0.2) is 11.7 Å². The lowest BCUT2D eigenvalue weighted by Crippen LogP contribution is -1.97. The van der Waals surface area contributed by atoms with Gasteiger partial charge in [0.1, 0.15) is 0 Å². The zero-order valence-electron chi connectivity index (χ0n) is 5.42. The van der Waals surface area contributed by atoms with Crippen molar-refractivity contribution in [3.63, 3.8) is 0 Å². The maximum Gasteiger partial charge on any atom is 0.224 e. The van der Waals surface area contributed by atoms with Gasteiger partial charge in [0.2, 0.25) is 5.88 Å². The number of rotatable bonds is 3. The molecule has 0 bridgehead atoms. The third-order valence-corrected chi connectivity index (χ3v) is 0.987. The second kappa shape index (κ2) is 3.12. The molecule has 0 radical (unpaired) electrons. The predicted molar refractivity (Wildman–Crippen MR) is 35.3 cm³/mol. The molecule has 0 saturated heterocycles. The lowest BCUT2D eigenvalue weighted by molar-refractivity contribution is 0.432. The number of nitrogens with one attached hydrogen (secondary N) is 1. The zero-order chi connectivity index (χ0) is 6.53. The van der Waals surface area contributed by atoms with E-state index in [1.165, 1.54) is 0 Å². The second-order valence-corrected chi connectivity index (χ2v) is 1.80. The lowest BCUT2D eigenvalue weighted by atomic mass is 10.5. The second-order valence-electron chi connectivity index (χ2n) is 1.80. The molecule has 0 aromatic carbocycles. The Hall–Kier alpha value is -0.990. The van der Waals surface area contributed by atoms with Crippen molar-refractivity contribution < 1.29 is 4.52 Å². The fourth-order valence-corrected chi connectivity index (χ4v) is 0.555. The maximum absolute atomic E-state index is 4.77. The van der Waals surface area contributed by atoms with Gasteiger partial charge in [0.05, 0.1) is 6.20 Å². The fraction of sp³-hybridized carbons (Fsp3) is 0.500. The predicted octanol–water partition coefficient (Wildman–Crippen LogP) is 1.50. The molecule has 0 atom stereocenters. The summed E-state index contributed by atoms with van der Waals surface area (Å²) in [6, 6.07) is 1.80. The number of hydrogen-bond acceptors (Lipinski definition) is 3. The van der Waals surface area contributed by atoms with Crippen molar-refractivity contribution in [2.45, 2.75) is 13.3 Å². The van der Waals surface area contributed by atoms with Crippen LogP contribution in [0.3, 0.4) is 0 Å². The molecular formula is C6H10N2O. The van der Waals surface area contributed by atoms with Gasteiger partial charge in [-0.1, -0.05) is 12.1 Å². The molecule has 9 heavy (non-hydrogen) atoms. The highest BCUT2D eigenvalue weighted by atomic mass is 16.5. The summed E-state index contributed by atoms with van der Waals surface area (Å²) in [6.45, 7) is 3.04. The van der Waals surface area contributed by atoms with E-state index >= 15 is 0 Å². The smallest absolute Gasteiger partial charge is 0.224 e. The monoisotopic (exact) mass is 126 g/mol. The van der Waals surface area contributed by atoms with E-state index in [2.05, 4.69) is 17.4 Å². The van der Waals surface area contributed by atoms with Gasteiger partial charge in [-0.05, 0) is 6.42 Å². The number of nitrogens with zero attached hydrogens (tertiary/aromatic N) is 1. The van der Waals surface area contributed by atoms with E-state index in [0.29, 0.717) is 0 Å². The summed E-state index contributed by atoms with van der Waals surface area (Å²) in [6.07, 6.45) is 2.72. The van der Waals surface area contributed by atoms with Gasteiger partial charge in [-0.25, -0.2) is 0 Å². The van der Waals surface area contributed by atoms with Crippen LogP contribution >= 0.6 is 0 Å². The molecule has 0 aliphatic rings. The molecule has 50 valence electrons. The van der Waals surface area contributed by atoms with Crippen LogP contribution in [0.15, 0.2) is 16.8 Å². The van der Waals surface area contributed by atoms with Crippen LogP contribution < -0.4 is 5.32 Å². The van der Waals surface area contributed by atoms with Crippen molar-refractivity contribution in [2.75, 3.05) is 11.9 Å². The van der Waals surface area contributed by atoms with Crippen molar-refractivity contribution in [1.29, 1.82) is 0 Å². The fourth-order valence-electron chi connectivity index (χ4n) is 0.555. The molecular weight excluding hydrogens is 116 g/mol. The van der Waals surface area contributed by atoms with Crippen LogP contribution in [0, 0.1) is 0 Å². The first-order valence-electron chi connectivity index (χ1n) is 3.08. The number of anilines is 1. The van der Waals surface area contributed by atoms with Crippen LogP contribution in [0.1, 0.15) is 13.3 Å². The van der Waals surface area contributed by atoms with Crippen LogP contribution in [0.4, 0.5) is 5.88 Å². The van der Waals surface area contributed by atoms with Crippen molar-refractivity contribution >= 4 is 5.88 Å². The summed E-state index contributed by atoms with van der Waals surface area (Å²) >= 11 is 0. The van der Waals surface area contributed by atoms with Crippen molar-refractivity contribution in [3.05, 3.63) is 12.3 Å². The molecule has 1 heterocycles. The molecule has 0 fully saturated rings. The maximum atomic E-state index is 4.77. The summed E-state index contributed by atoms with van der Waals surface area (Å²) in [5, 5.41) is 6.58. The Labute approximate surface area is 54.0 Å². The first-order valence-corrected chi connectivity index (χ1v) is 3.08. The van der Waals surface area contributed by atoms with Crippen molar-refractivity contribution in [3.8, 4) is 0 Å². The van der Waals surface area contributed by atoms with E-state index in [-0.39, 0.29) is 0 Å². The minimum Gasteiger partial charge on any atom is -0.354 e. The van der Waals surface area contributed by atoms with Gasteiger partial charge in [0, 0.05) is 12.6 Å². The molecule has 1 aromatic rings. The van der Waals surface area contributed by atoms with Gasteiger partial charge in [-0.15, -0.1) is 0 Å². The van der Waals surface area contributed by atoms with E-state index in [1.807, 2.05) is 0 Å². The Morgan fingerprint density at radius 1 is 1.78 bits per heavy atom. The Morgan fingerprint density at radius 3 is 3.22 bits per heavy atom. The Morgan fingerprint density at radius 2 is 2.67 bits per heavy atom. The van der Waals surface area contributed by atoms with E-state index in [9.17, 15) is 0 Å². The van der Waals surface area contributed by atoms with Crippen LogP contribution in [0.2, 0.25) is 0 Å². The number of aromatic nitrogens is 1. The number of hydrogen-bond donors (Lipinski definition) is 1. The Balaban J connectivity index is 2.30. The summed E-state index contributed by atoms with van der Waals surface area (Å²) in [7, 11) is 0. The molecule has 3 heteroatoms. The van der Waals surface area contributed by atoms with E-state index in [0.717, 1.165) is 18.8 Å². The third-order valence-electron chi connectivity index (χ3n) is 0.987. The molecule has 0 spiro atoms. The van der Waals surface area contributed by atoms with Gasteiger partial charge in [0.25, 0.3) is 0 Å². The van der Waals surface area contributed by atoms with Crippen LogP contribution in [0.25, 0.3) is 0 Å². The lowest BCUT2D eigenvalue weighted by Gasteiger charge is -1.94. The molecule has 0 aliphatic carbocycles. The Kier molecular flexibility index (Phi) is 2.13. The molecule has 3 nitrogen and oxygen atoms in total. The van der Waals surface area contributed by atoms with Gasteiger partial charge >= 0.3 is 0 Å². The summed E-state index contributed by atoms with van der Waals surface area (Å²) in [5.41, 5.74) is 0. The summed E-state index contributed by atoms with van der Waals surface area (Å²) < 4.78 is 4.77. The minimum absolute atomic E-state index is 0.747. The van der Waals surface area contributed by atoms with Crippen LogP contribution in [-0.2, 0) is 0 Å². The molecule has 0 aliphatic heterocycles. The third kappa shape index (κ3) is 1.76.